The minimum Gasteiger partial charge on any atom is -0.481 e. The van der Waals surface area contributed by atoms with Crippen LogP contribution >= 0.6 is 0 Å². The first-order chi connectivity index (χ1) is 16.8. The number of nitrogens with two attached hydrogens (primary N) is 1. The van der Waals surface area contributed by atoms with Crippen LogP contribution in [0.5, 0.6) is 5.88 Å². The van der Waals surface area contributed by atoms with E-state index in [1.165, 1.54) is 0 Å². The van der Waals surface area contributed by atoms with Gasteiger partial charge in [-0.05, 0) is 45.6 Å². The van der Waals surface area contributed by atoms with Crippen LogP contribution in [0.3, 0.4) is 0 Å². The number of hydrogen-bond acceptors (Lipinski definition) is 10. The van der Waals surface area contributed by atoms with Crippen molar-refractivity contribution in [2.45, 2.75) is 45.3 Å². The van der Waals surface area contributed by atoms with Crippen LogP contribution in [0, 0.1) is 0 Å². The lowest BCUT2D eigenvalue weighted by atomic mass is 10.1. The Morgan fingerprint density at radius 3 is 2.66 bits per heavy atom. The summed E-state index contributed by atoms with van der Waals surface area (Å²) in [5.41, 5.74) is 9.41. The summed E-state index contributed by atoms with van der Waals surface area (Å²) in [6, 6.07) is 2.19. The van der Waals surface area contributed by atoms with E-state index >= 15 is 0 Å². The molecule has 0 radical (unpaired) electrons. The second-order valence-corrected chi connectivity index (χ2v) is 9.16. The van der Waals surface area contributed by atoms with Crippen LogP contribution in [0.2, 0.25) is 0 Å². The fourth-order valence-electron chi connectivity index (χ4n) is 4.08. The summed E-state index contributed by atoms with van der Waals surface area (Å²) in [5.74, 6) is 1.35. The molecule has 0 saturated carbocycles. The topological polar surface area (TPSA) is 130 Å². The standard InChI is InChI=1S/C24H39N9O2/c1-6-7-19(8-11-34)28-22-21-20(29-24(25)30-22)14-27-33(21)16-18-12-17(13-26-23(18)35-5)15-32(4)10-9-31(2)3/h12-14,19,34H,6-11,15-16H2,1-5H3,(H3,25,28,29,30)/t19-/m0/s1. The first-order valence-electron chi connectivity index (χ1n) is 12.1. The van der Waals surface area contributed by atoms with Crippen molar-refractivity contribution in [3.8, 4) is 5.88 Å². The van der Waals surface area contributed by atoms with Crippen molar-refractivity contribution in [1.29, 1.82) is 0 Å². The number of hydrogen-bond donors (Lipinski definition) is 3. The highest BCUT2D eigenvalue weighted by Gasteiger charge is 2.18. The van der Waals surface area contributed by atoms with Crippen LogP contribution in [-0.4, -0.2) is 93.6 Å². The number of aromatic nitrogens is 5. The monoisotopic (exact) mass is 485 g/mol. The number of aliphatic hydroxyl groups is 1. The van der Waals surface area contributed by atoms with Gasteiger partial charge < -0.3 is 30.7 Å². The number of pyridine rings is 1. The predicted molar refractivity (Wildman–Crippen MR) is 139 cm³/mol. The lowest BCUT2D eigenvalue weighted by Gasteiger charge is -2.20. The summed E-state index contributed by atoms with van der Waals surface area (Å²) in [5, 5.41) is 17.5. The summed E-state index contributed by atoms with van der Waals surface area (Å²) in [6.07, 6.45) is 6.06. The number of nitrogens with zero attached hydrogens (tertiary/aromatic N) is 7. The molecule has 3 aromatic heterocycles. The van der Waals surface area contributed by atoms with Crippen LogP contribution in [-0.2, 0) is 13.1 Å². The van der Waals surface area contributed by atoms with Gasteiger partial charge in [0.25, 0.3) is 0 Å². The summed E-state index contributed by atoms with van der Waals surface area (Å²) >= 11 is 0. The van der Waals surface area contributed by atoms with Gasteiger partial charge in [-0.1, -0.05) is 13.3 Å². The van der Waals surface area contributed by atoms with Crippen molar-refractivity contribution in [3.63, 3.8) is 0 Å². The van der Waals surface area contributed by atoms with E-state index < -0.39 is 0 Å². The Labute approximate surface area is 207 Å². The molecule has 0 fully saturated rings. The van der Waals surface area contributed by atoms with Crippen LogP contribution < -0.4 is 15.8 Å². The maximum Gasteiger partial charge on any atom is 0.222 e. The number of nitrogen functional groups attached to an aromatic ring is 1. The summed E-state index contributed by atoms with van der Waals surface area (Å²) < 4.78 is 7.40. The van der Waals surface area contributed by atoms with Gasteiger partial charge >= 0.3 is 0 Å². The highest BCUT2D eigenvalue weighted by atomic mass is 16.5. The van der Waals surface area contributed by atoms with Crippen molar-refractivity contribution in [2.24, 2.45) is 0 Å². The Bertz CT molecular complexity index is 1080. The molecule has 35 heavy (non-hydrogen) atoms. The van der Waals surface area contributed by atoms with Gasteiger partial charge in [0.1, 0.15) is 11.0 Å². The van der Waals surface area contributed by atoms with Gasteiger partial charge in [0.15, 0.2) is 5.82 Å². The van der Waals surface area contributed by atoms with E-state index in [1.54, 1.807) is 13.3 Å². The molecule has 3 rings (SSSR count). The first kappa shape index (κ1) is 26.6. The SMILES string of the molecule is CCC[C@@H](CCO)Nc1nc(N)nc2cnn(Cc3cc(CN(C)CCN(C)C)cnc3OC)c12. The molecule has 0 spiro atoms. The lowest BCUT2D eigenvalue weighted by molar-refractivity contribution is 0.276. The maximum absolute atomic E-state index is 9.48. The molecule has 3 aromatic rings. The summed E-state index contributed by atoms with van der Waals surface area (Å²) in [4.78, 5) is 17.8. The van der Waals surface area contributed by atoms with Crippen LogP contribution in [0.1, 0.15) is 37.3 Å². The predicted octanol–water partition coefficient (Wildman–Crippen LogP) is 1.82. The maximum atomic E-state index is 9.48. The molecule has 0 aliphatic rings. The van der Waals surface area contributed by atoms with Crippen molar-refractivity contribution in [2.75, 3.05) is 59.0 Å². The Hall–Kier alpha value is -3.02. The van der Waals surface area contributed by atoms with Crippen LogP contribution in [0.15, 0.2) is 18.5 Å². The quantitative estimate of drug-likeness (QED) is 0.311. The van der Waals surface area contributed by atoms with Gasteiger partial charge in [-0.2, -0.15) is 10.1 Å². The number of anilines is 2. The molecule has 11 nitrogen and oxygen atoms in total. The molecule has 0 aliphatic heterocycles. The Kier molecular flexibility index (Phi) is 9.58. The van der Waals surface area contributed by atoms with E-state index in [9.17, 15) is 5.11 Å². The van der Waals surface area contributed by atoms with Crippen molar-refractivity contribution < 1.29 is 9.84 Å². The fraction of sp³-hybridized carbons (Fsp3) is 0.583. The summed E-state index contributed by atoms with van der Waals surface area (Å²) in [7, 11) is 7.87. The highest BCUT2D eigenvalue weighted by molar-refractivity contribution is 5.86. The van der Waals surface area contributed by atoms with Gasteiger partial charge in [0, 0.05) is 44.0 Å². The molecule has 0 saturated heterocycles. The number of ether oxygens (including phenoxy) is 1. The van der Waals surface area contributed by atoms with Crippen molar-refractivity contribution >= 4 is 22.8 Å². The highest BCUT2D eigenvalue weighted by Crippen LogP contribution is 2.26. The smallest absolute Gasteiger partial charge is 0.222 e. The molecule has 11 heteroatoms. The molecule has 0 unspecified atom stereocenters. The molecule has 0 bridgehead atoms. The zero-order valence-electron chi connectivity index (χ0n) is 21.5. The largest absolute Gasteiger partial charge is 0.481 e. The van der Waals surface area contributed by atoms with Crippen LogP contribution in [0.25, 0.3) is 11.0 Å². The average molecular weight is 486 g/mol. The number of aliphatic hydroxyl groups excluding tert-OH is 1. The second kappa shape index (κ2) is 12.6. The van der Waals surface area contributed by atoms with Crippen molar-refractivity contribution in [1.82, 2.24) is 34.5 Å². The van der Waals surface area contributed by atoms with E-state index in [1.807, 2.05) is 10.9 Å². The normalized spacial score (nSPS) is 12.6. The van der Waals surface area contributed by atoms with E-state index in [-0.39, 0.29) is 18.6 Å². The molecule has 0 aromatic carbocycles. The molecular weight excluding hydrogens is 446 g/mol. The van der Waals surface area contributed by atoms with E-state index in [0.29, 0.717) is 30.2 Å². The molecule has 0 aliphatic carbocycles. The fourth-order valence-corrected chi connectivity index (χ4v) is 4.08. The van der Waals surface area contributed by atoms with Gasteiger partial charge in [-0.15, -0.1) is 0 Å². The Morgan fingerprint density at radius 1 is 1.17 bits per heavy atom. The third-order valence-electron chi connectivity index (χ3n) is 5.84. The average Bonchev–Trinajstić information content (AvgIpc) is 3.20. The molecule has 1 atom stereocenters. The lowest BCUT2D eigenvalue weighted by Crippen LogP contribution is -2.28. The van der Waals surface area contributed by atoms with Gasteiger partial charge in [-0.3, -0.25) is 4.68 Å². The second-order valence-electron chi connectivity index (χ2n) is 9.16. The summed E-state index contributed by atoms with van der Waals surface area (Å²) in [6.45, 7) is 5.38. The molecule has 4 N–H and O–H groups in total. The number of nitrogens with one attached hydrogen (secondary N) is 1. The molecule has 0 amide bonds. The van der Waals surface area contributed by atoms with E-state index in [0.717, 1.165) is 49.1 Å². The minimum absolute atomic E-state index is 0.0723. The molecule has 192 valence electrons. The third-order valence-corrected chi connectivity index (χ3v) is 5.84. The van der Waals surface area contributed by atoms with Gasteiger partial charge in [0.05, 0.1) is 19.9 Å². The third kappa shape index (κ3) is 7.23. The van der Waals surface area contributed by atoms with Gasteiger partial charge in [0.2, 0.25) is 11.8 Å². The Morgan fingerprint density at radius 2 is 1.97 bits per heavy atom. The molecule has 3 heterocycles. The zero-order chi connectivity index (χ0) is 25.4. The number of rotatable bonds is 14. The molecular formula is C24H39N9O2. The number of methoxy groups -OCH3 is 1. The first-order valence-corrected chi connectivity index (χ1v) is 12.1. The minimum atomic E-state index is 0.0723. The Balaban J connectivity index is 1.91. The van der Waals surface area contributed by atoms with E-state index in [4.69, 9.17) is 10.5 Å². The number of fused-ring (bicyclic) bond motifs is 1. The van der Waals surface area contributed by atoms with Gasteiger partial charge in [-0.25, -0.2) is 9.97 Å². The van der Waals surface area contributed by atoms with E-state index in [2.05, 4.69) is 69.3 Å². The van der Waals surface area contributed by atoms with Crippen molar-refractivity contribution in [3.05, 3.63) is 29.6 Å². The number of likely N-dealkylation sites (N-methyl/N-ethyl adjacent to an activating group) is 2. The zero-order valence-corrected chi connectivity index (χ0v) is 21.5. The van der Waals surface area contributed by atoms with Crippen LogP contribution in [0.4, 0.5) is 11.8 Å².